The van der Waals surface area contributed by atoms with Crippen LogP contribution in [0.5, 0.6) is 0 Å². The topological polar surface area (TPSA) is 26.3 Å². The normalized spacial score (nSPS) is 23.7. The van der Waals surface area contributed by atoms with Gasteiger partial charge in [-0.3, -0.25) is 4.79 Å². The maximum atomic E-state index is 11.8. The van der Waals surface area contributed by atoms with Crippen molar-refractivity contribution in [3.63, 3.8) is 0 Å². The Morgan fingerprint density at radius 3 is 1.87 bits per heavy atom. The minimum absolute atomic E-state index is 0.00685. The summed E-state index contributed by atoms with van der Waals surface area (Å²) in [5.74, 6) is 0.941. The van der Waals surface area contributed by atoms with E-state index in [4.69, 9.17) is 4.74 Å². The summed E-state index contributed by atoms with van der Waals surface area (Å²) in [5.41, 5.74) is 0.176. The lowest BCUT2D eigenvalue weighted by atomic mass is 9.96. The second-order valence-corrected chi connectivity index (χ2v) is 6.13. The Hall–Kier alpha value is -0.530. The average Bonchev–Trinajstić information content (AvgIpc) is 2.69. The van der Waals surface area contributed by atoms with Gasteiger partial charge in [0.2, 0.25) is 0 Å². The summed E-state index contributed by atoms with van der Waals surface area (Å²) >= 11 is 0. The van der Waals surface area contributed by atoms with Crippen molar-refractivity contribution < 1.29 is 9.53 Å². The third kappa shape index (κ3) is 2.96. The van der Waals surface area contributed by atoms with Crippen LogP contribution in [-0.4, -0.2) is 12.1 Å². The van der Waals surface area contributed by atoms with E-state index in [9.17, 15) is 4.79 Å². The molecule has 2 nitrogen and oxygen atoms in total. The van der Waals surface area contributed by atoms with Gasteiger partial charge >= 0.3 is 5.97 Å². The van der Waals surface area contributed by atoms with Crippen molar-refractivity contribution in [2.75, 3.05) is 0 Å². The maximum absolute atomic E-state index is 11.8. The molecule has 1 atom stereocenters. The summed E-state index contributed by atoms with van der Waals surface area (Å²) in [4.78, 5) is 11.8. The van der Waals surface area contributed by atoms with Gasteiger partial charge in [-0.25, -0.2) is 0 Å². The van der Waals surface area contributed by atoms with Crippen LogP contribution in [0.2, 0.25) is 0 Å². The van der Waals surface area contributed by atoms with Gasteiger partial charge in [-0.1, -0.05) is 41.5 Å². The molecule has 1 aliphatic carbocycles. The second-order valence-electron chi connectivity index (χ2n) is 6.13. The number of ether oxygens (including phenoxy) is 1. The van der Waals surface area contributed by atoms with Crippen LogP contribution in [0.15, 0.2) is 0 Å². The molecule has 1 rings (SSSR count). The van der Waals surface area contributed by atoms with Crippen LogP contribution in [0.1, 0.15) is 48.0 Å². The van der Waals surface area contributed by atoms with Crippen molar-refractivity contribution in [3.05, 3.63) is 0 Å². The van der Waals surface area contributed by atoms with E-state index in [0.717, 1.165) is 6.42 Å². The van der Waals surface area contributed by atoms with Crippen LogP contribution >= 0.6 is 0 Å². The zero-order chi connectivity index (χ0) is 11.8. The quantitative estimate of drug-likeness (QED) is 0.669. The van der Waals surface area contributed by atoms with Crippen molar-refractivity contribution in [2.24, 2.45) is 23.2 Å². The largest absolute Gasteiger partial charge is 0.462 e. The van der Waals surface area contributed by atoms with E-state index in [0.29, 0.717) is 11.8 Å². The monoisotopic (exact) mass is 212 g/mol. The standard InChI is InChI=1S/C13H24O2/c1-8(2)11(9(3)4)15-12(14)10-7-13(10,5)6/h8-11H,7H2,1-6H3/t10-/m1/s1. The molecule has 0 amide bonds. The molecular weight excluding hydrogens is 188 g/mol. The maximum Gasteiger partial charge on any atom is 0.309 e. The summed E-state index contributed by atoms with van der Waals surface area (Å²) in [6.45, 7) is 12.7. The Balaban J connectivity index is 2.49. The minimum Gasteiger partial charge on any atom is -0.462 e. The molecule has 1 saturated carbocycles. The van der Waals surface area contributed by atoms with Crippen molar-refractivity contribution in [1.82, 2.24) is 0 Å². The van der Waals surface area contributed by atoms with Gasteiger partial charge in [0.1, 0.15) is 6.10 Å². The van der Waals surface area contributed by atoms with Gasteiger partial charge < -0.3 is 4.74 Å². The molecule has 0 spiro atoms. The Bertz CT molecular complexity index is 233. The van der Waals surface area contributed by atoms with Crippen LogP contribution < -0.4 is 0 Å². The molecule has 2 heteroatoms. The lowest BCUT2D eigenvalue weighted by molar-refractivity contribution is -0.156. The molecule has 0 bridgehead atoms. The summed E-state index contributed by atoms with van der Waals surface area (Å²) in [7, 11) is 0. The van der Waals surface area contributed by atoms with Gasteiger partial charge in [-0.2, -0.15) is 0 Å². The summed E-state index contributed by atoms with van der Waals surface area (Å²) in [6, 6.07) is 0. The molecule has 0 radical (unpaired) electrons. The summed E-state index contributed by atoms with van der Waals surface area (Å²) in [5, 5.41) is 0. The zero-order valence-electron chi connectivity index (χ0n) is 10.8. The molecule has 0 aromatic carbocycles. The fraction of sp³-hybridized carbons (Fsp3) is 0.923. The van der Waals surface area contributed by atoms with Crippen LogP contribution in [0.3, 0.4) is 0 Å². The number of rotatable bonds is 4. The molecule has 0 aliphatic heterocycles. The number of carbonyl (C=O) groups is 1. The molecule has 15 heavy (non-hydrogen) atoms. The van der Waals surface area contributed by atoms with Crippen LogP contribution in [0, 0.1) is 23.2 Å². The van der Waals surface area contributed by atoms with Gasteiger partial charge in [0.15, 0.2) is 0 Å². The van der Waals surface area contributed by atoms with Gasteiger partial charge in [-0.15, -0.1) is 0 Å². The SMILES string of the molecule is CC(C)C(OC(=O)[C@H]1CC1(C)C)C(C)C. The van der Waals surface area contributed by atoms with Crippen molar-refractivity contribution in [2.45, 2.75) is 54.1 Å². The van der Waals surface area contributed by atoms with Gasteiger partial charge in [0.25, 0.3) is 0 Å². The molecule has 1 fully saturated rings. The lowest BCUT2D eigenvalue weighted by Gasteiger charge is -2.25. The summed E-state index contributed by atoms with van der Waals surface area (Å²) in [6.07, 6.45) is 1.04. The number of hydrogen-bond acceptors (Lipinski definition) is 2. The van der Waals surface area contributed by atoms with Crippen LogP contribution in [0.25, 0.3) is 0 Å². The highest BCUT2D eigenvalue weighted by atomic mass is 16.5. The Labute approximate surface area is 93.4 Å². The fourth-order valence-electron chi connectivity index (χ4n) is 2.13. The first-order valence-corrected chi connectivity index (χ1v) is 5.96. The fourth-order valence-corrected chi connectivity index (χ4v) is 2.13. The average molecular weight is 212 g/mol. The molecular formula is C13H24O2. The van der Waals surface area contributed by atoms with E-state index in [1.165, 1.54) is 0 Å². The van der Waals surface area contributed by atoms with E-state index in [1.54, 1.807) is 0 Å². The van der Waals surface area contributed by atoms with Crippen molar-refractivity contribution in [1.29, 1.82) is 0 Å². The highest BCUT2D eigenvalue weighted by Gasteiger charge is 2.52. The van der Waals surface area contributed by atoms with Crippen LogP contribution in [0.4, 0.5) is 0 Å². The van der Waals surface area contributed by atoms with E-state index in [-0.39, 0.29) is 23.4 Å². The highest BCUT2D eigenvalue weighted by Crippen LogP contribution is 2.52. The number of hydrogen-bond donors (Lipinski definition) is 0. The molecule has 0 unspecified atom stereocenters. The Morgan fingerprint density at radius 1 is 1.20 bits per heavy atom. The predicted octanol–water partition coefficient (Wildman–Crippen LogP) is 3.26. The van der Waals surface area contributed by atoms with Gasteiger partial charge in [-0.05, 0) is 23.7 Å². The number of esters is 1. The Morgan fingerprint density at radius 2 is 1.60 bits per heavy atom. The third-order valence-corrected chi connectivity index (χ3v) is 3.36. The Kier molecular flexibility index (Phi) is 3.47. The first-order chi connectivity index (χ1) is 6.75. The highest BCUT2D eigenvalue weighted by molar-refractivity contribution is 5.76. The molecule has 0 aromatic rings. The van der Waals surface area contributed by atoms with Gasteiger partial charge in [0, 0.05) is 0 Å². The van der Waals surface area contributed by atoms with E-state index in [2.05, 4.69) is 41.5 Å². The molecule has 0 aromatic heterocycles. The molecule has 0 saturated heterocycles. The first kappa shape index (κ1) is 12.5. The minimum atomic E-state index is 0.00685. The predicted molar refractivity (Wildman–Crippen MR) is 61.4 cm³/mol. The van der Waals surface area contributed by atoms with E-state index in [1.807, 2.05) is 0 Å². The first-order valence-electron chi connectivity index (χ1n) is 5.96. The van der Waals surface area contributed by atoms with E-state index >= 15 is 0 Å². The molecule has 0 heterocycles. The smallest absolute Gasteiger partial charge is 0.309 e. The molecule has 0 N–H and O–H groups in total. The van der Waals surface area contributed by atoms with E-state index < -0.39 is 0 Å². The third-order valence-electron chi connectivity index (χ3n) is 3.36. The zero-order valence-corrected chi connectivity index (χ0v) is 10.8. The molecule has 88 valence electrons. The molecule has 1 aliphatic rings. The second kappa shape index (κ2) is 4.15. The summed E-state index contributed by atoms with van der Waals surface area (Å²) < 4.78 is 5.59. The van der Waals surface area contributed by atoms with Gasteiger partial charge in [0.05, 0.1) is 5.92 Å². The van der Waals surface area contributed by atoms with Crippen molar-refractivity contribution >= 4 is 5.97 Å². The van der Waals surface area contributed by atoms with Crippen LogP contribution in [-0.2, 0) is 9.53 Å². The number of carbonyl (C=O) groups excluding carboxylic acids is 1. The lowest BCUT2D eigenvalue weighted by Crippen LogP contribution is -2.30. The van der Waals surface area contributed by atoms with Crippen molar-refractivity contribution in [3.8, 4) is 0 Å².